The van der Waals surface area contributed by atoms with E-state index in [4.69, 9.17) is 9.84 Å². The van der Waals surface area contributed by atoms with Crippen molar-refractivity contribution >= 4 is 40.2 Å². The van der Waals surface area contributed by atoms with Gasteiger partial charge in [-0.05, 0) is 75.5 Å². The molecule has 37 heavy (non-hydrogen) atoms. The zero-order valence-electron chi connectivity index (χ0n) is 21.5. The van der Waals surface area contributed by atoms with E-state index in [9.17, 15) is 9.90 Å². The highest BCUT2D eigenvalue weighted by atomic mass is 79.9. The molecule has 4 rings (SSSR count). The summed E-state index contributed by atoms with van der Waals surface area (Å²) in [6, 6.07) is 17.9. The van der Waals surface area contributed by atoms with Crippen molar-refractivity contribution < 1.29 is 14.6 Å². The SMILES string of the molecule is CCCN1CCC(CN(C(=O)O)c2cc(C)n(Cc3cc(Br)ccc3OCc3ccccc3)n2)CC1.Cl. The van der Waals surface area contributed by atoms with Crippen LogP contribution in [0.5, 0.6) is 5.75 Å². The van der Waals surface area contributed by atoms with Crippen LogP contribution in [0.15, 0.2) is 59.1 Å². The van der Waals surface area contributed by atoms with Gasteiger partial charge in [0.1, 0.15) is 12.4 Å². The zero-order chi connectivity index (χ0) is 25.5. The third-order valence-electron chi connectivity index (χ3n) is 6.74. The molecule has 2 heterocycles. The van der Waals surface area contributed by atoms with Gasteiger partial charge < -0.3 is 14.7 Å². The van der Waals surface area contributed by atoms with Crippen LogP contribution in [0.3, 0.4) is 0 Å². The van der Waals surface area contributed by atoms with Crippen LogP contribution in [0.25, 0.3) is 0 Å². The minimum Gasteiger partial charge on any atom is -0.489 e. The lowest BCUT2D eigenvalue weighted by Gasteiger charge is -2.33. The Morgan fingerprint density at radius 1 is 1.16 bits per heavy atom. The van der Waals surface area contributed by atoms with Crippen molar-refractivity contribution in [3.63, 3.8) is 0 Å². The minimum absolute atomic E-state index is 0. The van der Waals surface area contributed by atoms with E-state index in [0.29, 0.717) is 31.4 Å². The molecular weight excluding hydrogens is 556 g/mol. The fourth-order valence-corrected chi connectivity index (χ4v) is 5.14. The molecule has 1 saturated heterocycles. The average molecular weight is 592 g/mol. The highest BCUT2D eigenvalue weighted by Crippen LogP contribution is 2.27. The van der Waals surface area contributed by atoms with Gasteiger partial charge in [0.05, 0.1) is 6.54 Å². The molecule has 0 atom stereocenters. The van der Waals surface area contributed by atoms with Crippen LogP contribution in [0.4, 0.5) is 10.6 Å². The molecule has 0 bridgehead atoms. The Morgan fingerprint density at radius 3 is 2.57 bits per heavy atom. The number of hydrogen-bond donors (Lipinski definition) is 1. The molecule has 1 aliphatic rings. The summed E-state index contributed by atoms with van der Waals surface area (Å²) in [7, 11) is 0. The summed E-state index contributed by atoms with van der Waals surface area (Å²) in [6.45, 7) is 8.79. The number of rotatable bonds is 10. The predicted molar refractivity (Wildman–Crippen MR) is 153 cm³/mol. The molecular formula is C28H36BrClN4O3. The van der Waals surface area contributed by atoms with Crippen LogP contribution in [-0.2, 0) is 13.2 Å². The second-order valence-corrected chi connectivity index (χ2v) is 10.4. The molecule has 1 aromatic heterocycles. The van der Waals surface area contributed by atoms with Crippen LogP contribution < -0.4 is 9.64 Å². The quantitative estimate of drug-likeness (QED) is 0.287. The number of piperidine rings is 1. The minimum atomic E-state index is -0.954. The van der Waals surface area contributed by atoms with Crippen LogP contribution >= 0.6 is 28.3 Å². The Kier molecular flexibility index (Phi) is 10.9. The van der Waals surface area contributed by atoms with Crippen molar-refractivity contribution in [1.29, 1.82) is 0 Å². The summed E-state index contributed by atoms with van der Waals surface area (Å²) in [5, 5.41) is 14.7. The first-order valence-electron chi connectivity index (χ1n) is 12.7. The van der Waals surface area contributed by atoms with Crippen molar-refractivity contribution in [2.75, 3.05) is 31.1 Å². The van der Waals surface area contributed by atoms with Gasteiger partial charge in [-0.2, -0.15) is 5.10 Å². The third-order valence-corrected chi connectivity index (χ3v) is 7.24. The lowest BCUT2D eigenvalue weighted by Crippen LogP contribution is -2.41. The third kappa shape index (κ3) is 7.97. The molecule has 0 aliphatic carbocycles. The number of hydrogen-bond acceptors (Lipinski definition) is 4. The van der Waals surface area contributed by atoms with E-state index in [2.05, 4.69) is 27.8 Å². The van der Waals surface area contributed by atoms with Crippen LogP contribution in [0.1, 0.15) is 43.0 Å². The van der Waals surface area contributed by atoms with Crippen LogP contribution in [0.2, 0.25) is 0 Å². The fraction of sp³-hybridized carbons (Fsp3) is 0.429. The van der Waals surface area contributed by atoms with E-state index in [-0.39, 0.29) is 12.4 Å². The molecule has 1 aliphatic heterocycles. The second kappa shape index (κ2) is 13.8. The Labute approximate surface area is 234 Å². The largest absolute Gasteiger partial charge is 0.489 e. The standard InChI is InChI=1S/C28H35BrN4O3.ClH/c1-3-13-31-14-11-22(12-15-31)18-32(28(34)35)27-16-21(2)33(30-27)19-24-17-25(29)9-10-26(24)36-20-23-7-5-4-6-8-23;/h4-10,16-17,22H,3,11-15,18-20H2,1-2H3,(H,34,35);1H. The molecule has 9 heteroatoms. The van der Waals surface area contributed by atoms with Gasteiger partial charge in [0, 0.05) is 28.3 Å². The van der Waals surface area contributed by atoms with E-state index in [0.717, 1.165) is 65.9 Å². The molecule has 0 unspecified atom stereocenters. The Hall–Kier alpha value is -2.55. The lowest BCUT2D eigenvalue weighted by molar-refractivity contribution is 0.178. The number of aromatic nitrogens is 2. The number of halogens is 2. The predicted octanol–water partition coefficient (Wildman–Crippen LogP) is 6.61. The molecule has 1 N–H and O–H groups in total. The topological polar surface area (TPSA) is 70.8 Å². The number of anilines is 1. The van der Waals surface area contributed by atoms with E-state index >= 15 is 0 Å². The van der Waals surface area contributed by atoms with Crippen LogP contribution in [-0.4, -0.2) is 52.1 Å². The molecule has 1 amide bonds. The molecule has 0 radical (unpaired) electrons. The van der Waals surface area contributed by atoms with Crippen molar-refractivity contribution in [2.24, 2.45) is 5.92 Å². The first-order valence-corrected chi connectivity index (χ1v) is 13.4. The smallest absolute Gasteiger partial charge is 0.413 e. The number of carbonyl (C=O) groups is 1. The van der Waals surface area contributed by atoms with Crippen LogP contribution in [0, 0.1) is 12.8 Å². The van der Waals surface area contributed by atoms with Crippen molar-refractivity contribution in [3.05, 3.63) is 75.9 Å². The van der Waals surface area contributed by atoms with Gasteiger partial charge in [0.25, 0.3) is 0 Å². The number of amides is 1. The maximum Gasteiger partial charge on any atom is 0.413 e. The number of nitrogens with zero attached hydrogens (tertiary/aromatic N) is 4. The van der Waals surface area contributed by atoms with Crippen molar-refractivity contribution in [3.8, 4) is 5.75 Å². The van der Waals surface area contributed by atoms with Gasteiger partial charge in [-0.15, -0.1) is 12.4 Å². The highest BCUT2D eigenvalue weighted by molar-refractivity contribution is 9.10. The van der Waals surface area contributed by atoms with Gasteiger partial charge >= 0.3 is 6.09 Å². The first-order chi connectivity index (χ1) is 17.4. The molecule has 200 valence electrons. The number of ether oxygens (including phenoxy) is 1. The lowest BCUT2D eigenvalue weighted by atomic mass is 9.96. The summed E-state index contributed by atoms with van der Waals surface area (Å²) in [4.78, 5) is 16.1. The van der Waals surface area contributed by atoms with E-state index in [1.165, 1.54) is 4.90 Å². The van der Waals surface area contributed by atoms with E-state index in [1.807, 2.05) is 66.2 Å². The summed E-state index contributed by atoms with van der Waals surface area (Å²) < 4.78 is 8.95. The Bertz CT molecular complexity index is 1150. The van der Waals surface area contributed by atoms with Gasteiger partial charge in [0.15, 0.2) is 5.82 Å². The number of likely N-dealkylation sites (tertiary alicyclic amines) is 1. The summed E-state index contributed by atoms with van der Waals surface area (Å²) in [5.41, 5.74) is 2.98. The molecule has 7 nitrogen and oxygen atoms in total. The van der Waals surface area contributed by atoms with Gasteiger partial charge in [-0.1, -0.05) is 53.2 Å². The van der Waals surface area contributed by atoms with Gasteiger partial charge in [-0.3, -0.25) is 9.58 Å². The molecule has 0 spiro atoms. The fourth-order valence-electron chi connectivity index (χ4n) is 4.73. The Morgan fingerprint density at radius 2 is 1.89 bits per heavy atom. The maximum atomic E-state index is 12.2. The number of carboxylic acid groups (broad SMARTS) is 1. The zero-order valence-corrected chi connectivity index (χ0v) is 23.9. The summed E-state index contributed by atoms with van der Waals surface area (Å²) >= 11 is 3.57. The van der Waals surface area contributed by atoms with Gasteiger partial charge in [0.2, 0.25) is 0 Å². The molecule has 0 saturated carbocycles. The summed E-state index contributed by atoms with van der Waals surface area (Å²) in [6.07, 6.45) is 2.23. The molecule has 1 fully saturated rings. The maximum absolute atomic E-state index is 12.2. The molecule has 2 aromatic carbocycles. The normalized spacial score (nSPS) is 14.2. The number of benzene rings is 2. The number of aryl methyl sites for hydroxylation is 1. The monoisotopic (exact) mass is 590 g/mol. The average Bonchev–Trinajstić information content (AvgIpc) is 3.23. The van der Waals surface area contributed by atoms with Crippen molar-refractivity contribution in [2.45, 2.75) is 46.3 Å². The second-order valence-electron chi connectivity index (χ2n) is 9.51. The first kappa shape index (κ1) is 29.0. The van der Waals surface area contributed by atoms with E-state index < -0.39 is 6.09 Å². The van der Waals surface area contributed by atoms with E-state index in [1.54, 1.807) is 0 Å². The molecule has 3 aromatic rings. The summed E-state index contributed by atoms with van der Waals surface area (Å²) in [5.74, 6) is 1.62. The van der Waals surface area contributed by atoms with Crippen molar-refractivity contribution in [1.82, 2.24) is 14.7 Å². The Balaban J connectivity index is 0.00000380. The van der Waals surface area contributed by atoms with Gasteiger partial charge in [-0.25, -0.2) is 4.79 Å². The highest BCUT2D eigenvalue weighted by Gasteiger charge is 2.26.